The van der Waals surface area contributed by atoms with Crippen LogP contribution >= 0.6 is 0 Å². The lowest BCUT2D eigenvalue weighted by Gasteiger charge is -2.20. The molecule has 0 spiro atoms. The molecule has 1 fully saturated rings. The number of hydrogen-bond donors (Lipinski definition) is 1. The number of ether oxygens (including phenoxy) is 1. The summed E-state index contributed by atoms with van der Waals surface area (Å²) in [5.74, 6) is 0.655. The highest BCUT2D eigenvalue weighted by atomic mass is 16.5. The van der Waals surface area contributed by atoms with Gasteiger partial charge >= 0.3 is 0 Å². The predicted molar refractivity (Wildman–Crippen MR) is 52.2 cm³/mol. The lowest BCUT2D eigenvalue weighted by molar-refractivity contribution is 0.182. The summed E-state index contributed by atoms with van der Waals surface area (Å²) in [6, 6.07) is 4.52. The molecule has 0 aromatic carbocycles. The van der Waals surface area contributed by atoms with Crippen LogP contribution in [0.25, 0.3) is 0 Å². The molecule has 72 valence electrons. The molecule has 0 amide bonds. The molecule has 1 aliphatic rings. The summed E-state index contributed by atoms with van der Waals surface area (Å²) in [6.45, 7) is 4.02. The second kappa shape index (κ2) is 3.83. The Balaban J connectivity index is 1.87. The summed E-state index contributed by atoms with van der Waals surface area (Å²) in [4.78, 5) is 0. The van der Waals surface area contributed by atoms with Gasteiger partial charge in [-0.15, -0.1) is 0 Å². The molecular formula is C10H16N2O. The maximum absolute atomic E-state index is 5.35. The summed E-state index contributed by atoms with van der Waals surface area (Å²) in [5, 5.41) is 0. The SMILES string of the molecule is CC(Nn1cccc1)C1CCOC1. The van der Waals surface area contributed by atoms with Crippen LogP contribution in [-0.4, -0.2) is 23.9 Å². The minimum Gasteiger partial charge on any atom is -0.381 e. The molecular weight excluding hydrogens is 164 g/mol. The van der Waals surface area contributed by atoms with Crippen molar-refractivity contribution in [2.75, 3.05) is 18.6 Å². The Labute approximate surface area is 78.7 Å². The van der Waals surface area contributed by atoms with E-state index in [1.54, 1.807) is 0 Å². The second-order valence-corrected chi connectivity index (χ2v) is 3.63. The van der Waals surface area contributed by atoms with E-state index < -0.39 is 0 Å². The van der Waals surface area contributed by atoms with Gasteiger partial charge in [0, 0.05) is 31.0 Å². The van der Waals surface area contributed by atoms with E-state index in [9.17, 15) is 0 Å². The lowest BCUT2D eigenvalue weighted by atomic mass is 10.0. The Hall–Kier alpha value is -0.960. The number of nitrogens with zero attached hydrogens (tertiary/aromatic N) is 1. The van der Waals surface area contributed by atoms with Gasteiger partial charge in [-0.2, -0.15) is 0 Å². The van der Waals surface area contributed by atoms with Crippen molar-refractivity contribution in [3.05, 3.63) is 24.5 Å². The van der Waals surface area contributed by atoms with Crippen molar-refractivity contribution in [3.8, 4) is 0 Å². The molecule has 1 saturated heterocycles. The first-order chi connectivity index (χ1) is 6.36. The zero-order chi connectivity index (χ0) is 9.10. The molecule has 0 bridgehead atoms. The first-order valence-corrected chi connectivity index (χ1v) is 4.83. The fraction of sp³-hybridized carbons (Fsp3) is 0.600. The average molecular weight is 180 g/mol. The van der Waals surface area contributed by atoms with Crippen LogP contribution in [0, 0.1) is 5.92 Å². The number of aromatic nitrogens is 1. The molecule has 1 aromatic heterocycles. The normalized spacial score (nSPS) is 24.5. The molecule has 2 unspecified atom stereocenters. The van der Waals surface area contributed by atoms with Crippen LogP contribution in [0.15, 0.2) is 24.5 Å². The van der Waals surface area contributed by atoms with E-state index in [-0.39, 0.29) is 0 Å². The summed E-state index contributed by atoms with van der Waals surface area (Å²) >= 11 is 0. The maximum Gasteiger partial charge on any atom is 0.0515 e. The van der Waals surface area contributed by atoms with Gasteiger partial charge in [-0.3, -0.25) is 4.68 Å². The quantitative estimate of drug-likeness (QED) is 0.762. The Kier molecular flexibility index (Phi) is 2.54. The van der Waals surface area contributed by atoms with Gasteiger partial charge in [0.05, 0.1) is 6.61 Å². The Morgan fingerprint density at radius 3 is 2.85 bits per heavy atom. The smallest absolute Gasteiger partial charge is 0.0515 e. The van der Waals surface area contributed by atoms with E-state index in [2.05, 4.69) is 12.3 Å². The molecule has 2 rings (SSSR count). The second-order valence-electron chi connectivity index (χ2n) is 3.63. The van der Waals surface area contributed by atoms with E-state index in [0.29, 0.717) is 12.0 Å². The highest BCUT2D eigenvalue weighted by Crippen LogP contribution is 2.16. The monoisotopic (exact) mass is 180 g/mol. The molecule has 2 atom stereocenters. The number of hydrogen-bond acceptors (Lipinski definition) is 2. The van der Waals surface area contributed by atoms with Crippen LogP contribution in [0.5, 0.6) is 0 Å². The first kappa shape index (κ1) is 8.63. The van der Waals surface area contributed by atoms with Crippen molar-refractivity contribution in [1.29, 1.82) is 0 Å². The molecule has 2 heterocycles. The fourth-order valence-electron chi connectivity index (χ4n) is 1.71. The largest absolute Gasteiger partial charge is 0.381 e. The van der Waals surface area contributed by atoms with Crippen LogP contribution in [0.1, 0.15) is 13.3 Å². The number of nitrogens with one attached hydrogen (secondary N) is 1. The Morgan fingerprint density at radius 2 is 2.23 bits per heavy atom. The third-order valence-electron chi connectivity index (χ3n) is 2.63. The molecule has 1 N–H and O–H groups in total. The van der Waals surface area contributed by atoms with Crippen molar-refractivity contribution in [2.45, 2.75) is 19.4 Å². The maximum atomic E-state index is 5.35. The van der Waals surface area contributed by atoms with Crippen molar-refractivity contribution >= 4 is 0 Å². The van der Waals surface area contributed by atoms with Crippen LogP contribution in [0.4, 0.5) is 0 Å². The summed E-state index contributed by atoms with van der Waals surface area (Å²) in [7, 11) is 0. The topological polar surface area (TPSA) is 26.2 Å². The van der Waals surface area contributed by atoms with E-state index in [1.807, 2.05) is 29.2 Å². The third kappa shape index (κ3) is 2.04. The third-order valence-corrected chi connectivity index (χ3v) is 2.63. The van der Waals surface area contributed by atoms with Gasteiger partial charge in [0.1, 0.15) is 0 Å². The zero-order valence-electron chi connectivity index (χ0n) is 7.94. The van der Waals surface area contributed by atoms with Gasteiger partial charge in [0.15, 0.2) is 0 Å². The summed E-state index contributed by atoms with van der Waals surface area (Å²) in [5.41, 5.74) is 3.40. The van der Waals surface area contributed by atoms with Gasteiger partial charge in [0.25, 0.3) is 0 Å². The van der Waals surface area contributed by atoms with Gasteiger partial charge in [-0.1, -0.05) is 0 Å². The molecule has 1 aromatic rings. The van der Waals surface area contributed by atoms with Crippen LogP contribution in [-0.2, 0) is 4.74 Å². The zero-order valence-corrected chi connectivity index (χ0v) is 7.94. The molecule has 0 radical (unpaired) electrons. The van der Waals surface area contributed by atoms with Crippen molar-refractivity contribution in [1.82, 2.24) is 4.68 Å². The van der Waals surface area contributed by atoms with Crippen LogP contribution in [0.2, 0.25) is 0 Å². The Bertz CT molecular complexity index is 239. The van der Waals surface area contributed by atoms with E-state index in [1.165, 1.54) is 6.42 Å². The van der Waals surface area contributed by atoms with Crippen LogP contribution < -0.4 is 5.43 Å². The van der Waals surface area contributed by atoms with E-state index in [4.69, 9.17) is 4.74 Å². The lowest BCUT2D eigenvalue weighted by Crippen LogP contribution is -2.31. The molecule has 0 saturated carbocycles. The van der Waals surface area contributed by atoms with E-state index in [0.717, 1.165) is 13.2 Å². The fourth-order valence-corrected chi connectivity index (χ4v) is 1.71. The summed E-state index contributed by atoms with van der Waals surface area (Å²) < 4.78 is 7.35. The van der Waals surface area contributed by atoms with Gasteiger partial charge in [0.2, 0.25) is 0 Å². The van der Waals surface area contributed by atoms with Gasteiger partial charge in [-0.05, 0) is 25.5 Å². The molecule has 3 heteroatoms. The standard InChI is InChI=1S/C10H16N2O/c1-9(10-4-7-13-8-10)11-12-5-2-3-6-12/h2-3,5-6,9-11H,4,7-8H2,1H3. The molecule has 0 aliphatic carbocycles. The molecule has 1 aliphatic heterocycles. The highest BCUT2D eigenvalue weighted by Gasteiger charge is 2.21. The predicted octanol–water partition coefficient (Wildman–Crippen LogP) is 1.46. The molecule has 13 heavy (non-hydrogen) atoms. The minimum atomic E-state index is 0.481. The summed E-state index contributed by atoms with van der Waals surface area (Å²) in [6.07, 6.45) is 5.22. The highest BCUT2D eigenvalue weighted by molar-refractivity contribution is 4.96. The van der Waals surface area contributed by atoms with Crippen molar-refractivity contribution in [2.24, 2.45) is 5.92 Å². The molecule has 3 nitrogen and oxygen atoms in total. The van der Waals surface area contributed by atoms with Crippen molar-refractivity contribution in [3.63, 3.8) is 0 Å². The van der Waals surface area contributed by atoms with E-state index >= 15 is 0 Å². The minimum absolute atomic E-state index is 0.481. The average Bonchev–Trinajstić information content (AvgIpc) is 2.74. The first-order valence-electron chi connectivity index (χ1n) is 4.83. The number of rotatable bonds is 3. The Morgan fingerprint density at radius 1 is 1.46 bits per heavy atom. The van der Waals surface area contributed by atoms with Gasteiger partial charge < -0.3 is 10.2 Å². The van der Waals surface area contributed by atoms with Crippen LogP contribution in [0.3, 0.4) is 0 Å². The van der Waals surface area contributed by atoms with Gasteiger partial charge in [-0.25, -0.2) is 0 Å². The van der Waals surface area contributed by atoms with Crippen molar-refractivity contribution < 1.29 is 4.74 Å².